The Labute approximate surface area is 82.7 Å². The van der Waals surface area contributed by atoms with Gasteiger partial charge in [-0.05, 0) is 12.8 Å². The summed E-state index contributed by atoms with van der Waals surface area (Å²) >= 11 is 0. The van der Waals surface area contributed by atoms with Crippen molar-refractivity contribution < 1.29 is 10.0 Å². The fourth-order valence-electron chi connectivity index (χ4n) is 1.42. The molecule has 0 saturated carbocycles. The van der Waals surface area contributed by atoms with E-state index in [2.05, 4.69) is 10.6 Å². The highest BCUT2D eigenvalue weighted by Crippen LogP contribution is 2.05. The molecule has 0 aromatic heterocycles. The molecule has 1 saturated heterocycles. The third kappa shape index (κ3) is 3.61. The summed E-state index contributed by atoms with van der Waals surface area (Å²) in [6, 6.07) is 0. The number of nitrogens with two attached hydrogens (primary N) is 1. The Balaban J connectivity index is 2.25. The van der Waals surface area contributed by atoms with E-state index in [4.69, 9.17) is 10.9 Å². The molecule has 0 unspecified atom stereocenters. The molecule has 1 aliphatic heterocycles. The van der Waals surface area contributed by atoms with Gasteiger partial charge in [0, 0.05) is 13.1 Å². The molecule has 0 aromatic carbocycles. The molecule has 0 bridgehead atoms. The van der Waals surface area contributed by atoms with Crippen LogP contribution in [-0.2, 0) is 4.79 Å². The Bertz CT molecular complexity index is 223. The predicted molar refractivity (Wildman–Crippen MR) is 51.6 cm³/mol. The summed E-state index contributed by atoms with van der Waals surface area (Å²) in [6.45, 7) is 1.75. The van der Waals surface area contributed by atoms with Gasteiger partial charge in [0.05, 0.1) is 6.42 Å². The van der Waals surface area contributed by atoms with Crippen molar-refractivity contribution in [2.24, 2.45) is 10.9 Å². The van der Waals surface area contributed by atoms with E-state index in [-0.39, 0.29) is 18.2 Å². The number of nitrogens with one attached hydrogen (secondary N) is 1. The van der Waals surface area contributed by atoms with Crippen molar-refractivity contribution in [1.29, 1.82) is 0 Å². The van der Waals surface area contributed by atoms with E-state index in [0.29, 0.717) is 0 Å². The molecular weight excluding hydrogens is 184 g/mol. The molecule has 14 heavy (non-hydrogen) atoms. The summed E-state index contributed by atoms with van der Waals surface area (Å²) in [5.74, 6) is -0.304. The number of amidine groups is 1. The van der Waals surface area contributed by atoms with E-state index < -0.39 is 0 Å². The second kappa shape index (κ2) is 5.43. The summed E-state index contributed by atoms with van der Waals surface area (Å²) in [7, 11) is 0. The van der Waals surface area contributed by atoms with Crippen LogP contribution in [0.4, 0.5) is 0 Å². The van der Waals surface area contributed by atoms with Crippen LogP contribution in [0.25, 0.3) is 0 Å². The molecule has 0 spiro atoms. The number of carbonyl (C=O) groups is 1. The number of piperidine rings is 1. The first kappa shape index (κ1) is 10.8. The second-order valence-corrected chi connectivity index (χ2v) is 3.35. The lowest BCUT2D eigenvalue weighted by atomic mass is 10.2. The van der Waals surface area contributed by atoms with Crippen LogP contribution in [0.5, 0.6) is 0 Å². The van der Waals surface area contributed by atoms with Crippen LogP contribution in [0.3, 0.4) is 0 Å². The first-order valence-electron chi connectivity index (χ1n) is 4.73. The lowest BCUT2D eigenvalue weighted by molar-refractivity contribution is -0.125. The van der Waals surface area contributed by atoms with Gasteiger partial charge in [0.2, 0.25) is 5.91 Å². The van der Waals surface area contributed by atoms with Gasteiger partial charge in [-0.15, -0.1) is 0 Å². The summed E-state index contributed by atoms with van der Waals surface area (Å²) in [5, 5.41) is 12.9. The minimum absolute atomic E-state index is 0.0625. The highest BCUT2D eigenvalue weighted by molar-refractivity contribution is 5.98. The number of amides is 1. The second-order valence-electron chi connectivity index (χ2n) is 3.35. The standard InChI is InChI=1S/C8H16N4O2/c9-7(11-14)6-8(13)10-12-4-2-1-3-5-12/h14H,1-6H2,(H2,9,11)(H,10,13). The first-order valence-corrected chi connectivity index (χ1v) is 4.73. The molecule has 0 radical (unpaired) electrons. The normalized spacial score (nSPS) is 19.3. The van der Waals surface area contributed by atoms with Crippen molar-refractivity contribution >= 4 is 11.7 Å². The Morgan fingerprint density at radius 1 is 1.43 bits per heavy atom. The molecule has 0 atom stereocenters. The van der Waals surface area contributed by atoms with Crippen LogP contribution in [-0.4, -0.2) is 35.0 Å². The van der Waals surface area contributed by atoms with Crippen LogP contribution in [0.15, 0.2) is 5.16 Å². The van der Waals surface area contributed by atoms with Gasteiger partial charge < -0.3 is 10.9 Å². The van der Waals surface area contributed by atoms with Gasteiger partial charge in [0.15, 0.2) is 0 Å². The van der Waals surface area contributed by atoms with Gasteiger partial charge >= 0.3 is 0 Å². The zero-order chi connectivity index (χ0) is 10.4. The highest BCUT2D eigenvalue weighted by Gasteiger charge is 2.13. The van der Waals surface area contributed by atoms with Crippen LogP contribution < -0.4 is 11.2 Å². The van der Waals surface area contributed by atoms with Crippen LogP contribution in [0.1, 0.15) is 25.7 Å². The van der Waals surface area contributed by atoms with E-state index in [1.54, 1.807) is 0 Å². The molecule has 80 valence electrons. The fraction of sp³-hybridized carbons (Fsp3) is 0.750. The van der Waals surface area contributed by atoms with Gasteiger partial charge in [0.25, 0.3) is 0 Å². The molecule has 6 heteroatoms. The van der Waals surface area contributed by atoms with Crippen molar-refractivity contribution in [2.75, 3.05) is 13.1 Å². The van der Waals surface area contributed by atoms with Crippen LogP contribution >= 0.6 is 0 Å². The smallest absolute Gasteiger partial charge is 0.241 e. The van der Waals surface area contributed by atoms with Crippen LogP contribution in [0.2, 0.25) is 0 Å². The monoisotopic (exact) mass is 200 g/mol. The molecule has 6 nitrogen and oxygen atoms in total. The van der Waals surface area contributed by atoms with Crippen molar-refractivity contribution in [3.63, 3.8) is 0 Å². The number of nitrogens with zero attached hydrogens (tertiary/aromatic N) is 2. The van der Waals surface area contributed by atoms with E-state index in [9.17, 15) is 4.79 Å². The highest BCUT2D eigenvalue weighted by atomic mass is 16.4. The lowest BCUT2D eigenvalue weighted by Crippen LogP contribution is -2.46. The van der Waals surface area contributed by atoms with Gasteiger partial charge in [-0.3, -0.25) is 10.2 Å². The fourth-order valence-corrected chi connectivity index (χ4v) is 1.42. The van der Waals surface area contributed by atoms with Gasteiger partial charge in [-0.2, -0.15) is 0 Å². The Hall–Kier alpha value is -1.30. The molecule has 1 heterocycles. The molecule has 0 aliphatic carbocycles. The quantitative estimate of drug-likeness (QED) is 0.251. The Morgan fingerprint density at radius 2 is 2.07 bits per heavy atom. The Kier molecular flexibility index (Phi) is 4.18. The molecule has 1 rings (SSSR count). The summed E-state index contributed by atoms with van der Waals surface area (Å²) < 4.78 is 0. The van der Waals surface area contributed by atoms with Gasteiger partial charge in [-0.1, -0.05) is 11.6 Å². The number of carbonyl (C=O) groups excluding carboxylic acids is 1. The average molecular weight is 200 g/mol. The van der Waals surface area contributed by atoms with Gasteiger partial charge in [-0.25, -0.2) is 5.01 Å². The molecular formula is C8H16N4O2. The topological polar surface area (TPSA) is 91.0 Å². The number of hydrogen-bond donors (Lipinski definition) is 3. The van der Waals surface area contributed by atoms with Crippen molar-refractivity contribution in [3.05, 3.63) is 0 Å². The number of hydrazine groups is 1. The van der Waals surface area contributed by atoms with E-state index in [1.807, 2.05) is 5.01 Å². The largest absolute Gasteiger partial charge is 0.409 e. The molecule has 4 N–H and O–H groups in total. The predicted octanol–water partition coefficient (Wildman–Crippen LogP) is -0.360. The number of hydrogen-bond acceptors (Lipinski definition) is 4. The van der Waals surface area contributed by atoms with Crippen LogP contribution in [0, 0.1) is 0 Å². The van der Waals surface area contributed by atoms with Gasteiger partial charge in [0.1, 0.15) is 5.84 Å². The van der Waals surface area contributed by atoms with E-state index >= 15 is 0 Å². The maximum absolute atomic E-state index is 11.3. The third-order valence-electron chi connectivity index (χ3n) is 2.11. The minimum atomic E-state index is -0.234. The Morgan fingerprint density at radius 3 is 2.64 bits per heavy atom. The number of oxime groups is 1. The summed E-state index contributed by atoms with van der Waals surface area (Å²) in [4.78, 5) is 11.3. The maximum Gasteiger partial charge on any atom is 0.241 e. The zero-order valence-corrected chi connectivity index (χ0v) is 8.07. The minimum Gasteiger partial charge on any atom is -0.409 e. The average Bonchev–Trinajstić information content (AvgIpc) is 2.19. The molecule has 0 aromatic rings. The molecule has 1 amide bonds. The van der Waals surface area contributed by atoms with Crippen molar-refractivity contribution in [3.8, 4) is 0 Å². The lowest BCUT2D eigenvalue weighted by Gasteiger charge is -2.26. The van der Waals surface area contributed by atoms with E-state index in [0.717, 1.165) is 25.9 Å². The van der Waals surface area contributed by atoms with Crippen molar-refractivity contribution in [1.82, 2.24) is 10.4 Å². The SMILES string of the molecule is N/C(CC(=O)NN1CCCCC1)=N\O. The number of rotatable bonds is 3. The first-order chi connectivity index (χ1) is 6.72. The molecule has 1 fully saturated rings. The summed E-state index contributed by atoms with van der Waals surface area (Å²) in [6.07, 6.45) is 3.35. The zero-order valence-electron chi connectivity index (χ0n) is 8.07. The third-order valence-corrected chi connectivity index (χ3v) is 2.11. The molecule has 1 aliphatic rings. The summed E-state index contributed by atoms with van der Waals surface area (Å²) in [5.41, 5.74) is 7.91. The van der Waals surface area contributed by atoms with E-state index in [1.165, 1.54) is 6.42 Å². The maximum atomic E-state index is 11.3. The van der Waals surface area contributed by atoms with Crippen molar-refractivity contribution in [2.45, 2.75) is 25.7 Å².